The third-order valence-corrected chi connectivity index (χ3v) is 3.64. The molecule has 1 fully saturated rings. The number of carbonyl (C=O) groups excluding carboxylic acids is 1. The van der Waals surface area contributed by atoms with Crippen molar-refractivity contribution in [2.24, 2.45) is 0 Å². The summed E-state index contributed by atoms with van der Waals surface area (Å²) in [5.41, 5.74) is 6.69. The van der Waals surface area contributed by atoms with Gasteiger partial charge in [0.05, 0.1) is 5.54 Å². The monoisotopic (exact) mass is 270 g/mol. The molecule has 102 valence electrons. The maximum absolute atomic E-state index is 13.9. The number of benzene rings is 2. The topological polar surface area (TPSA) is 55.1 Å². The van der Waals surface area contributed by atoms with Gasteiger partial charge in [0.15, 0.2) is 0 Å². The summed E-state index contributed by atoms with van der Waals surface area (Å²) in [5, 5.41) is 2.93. The van der Waals surface area contributed by atoms with Crippen LogP contribution < -0.4 is 11.1 Å². The van der Waals surface area contributed by atoms with Crippen LogP contribution in [0.2, 0.25) is 0 Å². The summed E-state index contributed by atoms with van der Waals surface area (Å²) in [7, 11) is 0. The van der Waals surface area contributed by atoms with E-state index in [-0.39, 0.29) is 11.7 Å². The van der Waals surface area contributed by atoms with Gasteiger partial charge in [-0.1, -0.05) is 24.3 Å². The Morgan fingerprint density at radius 2 is 1.90 bits per heavy atom. The molecule has 3 N–H and O–H groups in total. The van der Waals surface area contributed by atoms with E-state index in [2.05, 4.69) is 5.32 Å². The third-order valence-electron chi connectivity index (χ3n) is 3.64. The number of anilines is 1. The van der Waals surface area contributed by atoms with Gasteiger partial charge in [-0.15, -0.1) is 0 Å². The van der Waals surface area contributed by atoms with E-state index in [4.69, 9.17) is 5.73 Å². The van der Waals surface area contributed by atoms with Crippen LogP contribution in [0.15, 0.2) is 48.5 Å². The first-order valence-corrected chi connectivity index (χ1v) is 6.54. The highest BCUT2D eigenvalue weighted by atomic mass is 19.1. The molecule has 3 nitrogen and oxygen atoms in total. The fourth-order valence-corrected chi connectivity index (χ4v) is 2.41. The maximum Gasteiger partial charge on any atom is 0.252 e. The van der Waals surface area contributed by atoms with E-state index in [1.807, 2.05) is 0 Å². The first kappa shape index (κ1) is 12.7. The predicted molar refractivity (Wildman–Crippen MR) is 75.6 cm³/mol. The van der Waals surface area contributed by atoms with Crippen LogP contribution in [0.25, 0.3) is 0 Å². The minimum Gasteiger partial charge on any atom is -0.399 e. The lowest BCUT2D eigenvalue weighted by Crippen LogP contribution is -2.35. The van der Waals surface area contributed by atoms with Gasteiger partial charge in [-0.25, -0.2) is 4.39 Å². The summed E-state index contributed by atoms with van der Waals surface area (Å²) >= 11 is 0. The largest absolute Gasteiger partial charge is 0.399 e. The lowest BCUT2D eigenvalue weighted by atomic mass is 10.0. The Morgan fingerprint density at radius 3 is 2.55 bits per heavy atom. The second-order valence-corrected chi connectivity index (χ2v) is 5.14. The SMILES string of the molecule is Nc1cccc(C(=O)NC2(c3ccccc3F)CC2)c1. The molecule has 0 aromatic heterocycles. The van der Waals surface area contributed by atoms with Crippen LogP contribution in [0, 0.1) is 5.82 Å². The van der Waals surface area contributed by atoms with Crippen molar-refractivity contribution in [1.82, 2.24) is 5.32 Å². The fraction of sp³-hybridized carbons (Fsp3) is 0.188. The molecular formula is C16H15FN2O. The van der Waals surface area contributed by atoms with E-state index in [1.54, 1.807) is 42.5 Å². The normalized spacial score (nSPS) is 15.7. The zero-order valence-corrected chi connectivity index (χ0v) is 10.9. The van der Waals surface area contributed by atoms with E-state index in [0.29, 0.717) is 16.8 Å². The molecule has 0 bridgehead atoms. The number of nitrogens with two attached hydrogens (primary N) is 1. The Morgan fingerprint density at radius 1 is 1.15 bits per heavy atom. The average molecular weight is 270 g/mol. The Bertz CT molecular complexity index is 665. The first-order valence-electron chi connectivity index (χ1n) is 6.54. The van der Waals surface area contributed by atoms with Crippen LogP contribution in [0.1, 0.15) is 28.8 Å². The highest BCUT2D eigenvalue weighted by Gasteiger charge is 2.47. The van der Waals surface area contributed by atoms with Crippen LogP contribution in [0.4, 0.5) is 10.1 Å². The highest BCUT2D eigenvalue weighted by Crippen LogP contribution is 2.46. The fourth-order valence-electron chi connectivity index (χ4n) is 2.41. The Labute approximate surface area is 116 Å². The van der Waals surface area contributed by atoms with E-state index >= 15 is 0 Å². The van der Waals surface area contributed by atoms with E-state index in [9.17, 15) is 9.18 Å². The predicted octanol–water partition coefficient (Wildman–Crippen LogP) is 2.83. The molecule has 0 aliphatic heterocycles. The molecule has 1 aliphatic carbocycles. The standard InChI is InChI=1S/C16H15FN2O/c17-14-7-2-1-6-13(14)16(8-9-16)19-15(20)11-4-3-5-12(18)10-11/h1-7,10H,8-9,18H2,(H,19,20). The van der Waals surface area contributed by atoms with E-state index < -0.39 is 5.54 Å². The van der Waals surface area contributed by atoms with Gasteiger partial charge in [-0.3, -0.25) is 4.79 Å². The van der Waals surface area contributed by atoms with Crippen molar-refractivity contribution in [3.63, 3.8) is 0 Å². The molecule has 1 aliphatic rings. The molecule has 0 radical (unpaired) electrons. The number of halogens is 1. The van der Waals surface area contributed by atoms with Gasteiger partial charge in [0.25, 0.3) is 5.91 Å². The number of hydrogen-bond acceptors (Lipinski definition) is 2. The number of amides is 1. The number of rotatable bonds is 3. The highest BCUT2D eigenvalue weighted by molar-refractivity contribution is 5.95. The number of hydrogen-bond donors (Lipinski definition) is 2. The van der Waals surface area contributed by atoms with Crippen LogP contribution >= 0.6 is 0 Å². The maximum atomic E-state index is 13.9. The minimum atomic E-state index is -0.562. The van der Waals surface area contributed by atoms with Gasteiger partial charge in [0, 0.05) is 16.8 Å². The molecule has 1 amide bonds. The van der Waals surface area contributed by atoms with Gasteiger partial charge in [0.1, 0.15) is 5.82 Å². The molecule has 2 aromatic carbocycles. The lowest BCUT2D eigenvalue weighted by Gasteiger charge is -2.18. The van der Waals surface area contributed by atoms with Gasteiger partial charge in [0.2, 0.25) is 0 Å². The molecule has 0 saturated heterocycles. The summed E-state index contributed by atoms with van der Waals surface area (Å²) in [5.74, 6) is -0.504. The molecule has 4 heteroatoms. The molecular weight excluding hydrogens is 255 g/mol. The van der Waals surface area contributed by atoms with Crippen molar-refractivity contribution in [3.05, 3.63) is 65.5 Å². The van der Waals surface area contributed by atoms with Gasteiger partial charge in [-0.2, -0.15) is 0 Å². The molecule has 0 spiro atoms. The number of nitrogens with one attached hydrogen (secondary N) is 1. The number of carbonyl (C=O) groups is 1. The molecule has 20 heavy (non-hydrogen) atoms. The van der Waals surface area contributed by atoms with Crippen LogP contribution in [-0.4, -0.2) is 5.91 Å². The first-order chi connectivity index (χ1) is 9.61. The molecule has 1 saturated carbocycles. The molecule has 2 aromatic rings. The van der Waals surface area contributed by atoms with Crippen LogP contribution in [0.5, 0.6) is 0 Å². The summed E-state index contributed by atoms with van der Waals surface area (Å²) < 4.78 is 13.9. The van der Waals surface area contributed by atoms with Gasteiger partial charge >= 0.3 is 0 Å². The molecule has 0 unspecified atom stereocenters. The van der Waals surface area contributed by atoms with Crippen molar-refractivity contribution in [2.45, 2.75) is 18.4 Å². The molecule has 3 rings (SSSR count). The molecule has 0 heterocycles. The number of nitrogen functional groups attached to an aromatic ring is 1. The van der Waals surface area contributed by atoms with Crippen molar-refractivity contribution < 1.29 is 9.18 Å². The van der Waals surface area contributed by atoms with Gasteiger partial charge < -0.3 is 11.1 Å². The zero-order chi connectivity index (χ0) is 14.2. The lowest BCUT2D eigenvalue weighted by molar-refractivity contribution is 0.0930. The quantitative estimate of drug-likeness (QED) is 0.843. The molecule has 0 atom stereocenters. The second-order valence-electron chi connectivity index (χ2n) is 5.14. The van der Waals surface area contributed by atoms with Gasteiger partial charge in [-0.05, 0) is 37.1 Å². The summed E-state index contributed by atoms with van der Waals surface area (Å²) in [6, 6.07) is 13.3. The summed E-state index contributed by atoms with van der Waals surface area (Å²) in [6.45, 7) is 0. The van der Waals surface area contributed by atoms with Crippen molar-refractivity contribution in [3.8, 4) is 0 Å². The van der Waals surface area contributed by atoms with Crippen molar-refractivity contribution >= 4 is 11.6 Å². The third kappa shape index (κ3) is 2.25. The van der Waals surface area contributed by atoms with Crippen LogP contribution in [0.3, 0.4) is 0 Å². The average Bonchev–Trinajstić information content (AvgIpc) is 3.20. The smallest absolute Gasteiger partial charge is 0.252 e. The zero-order valence-electron chi connectivity index (χ0n) is 10.9. The Balaban J connectivity index is 1.84. The van der Waals surface area contributed by atoms with Crippen molar-refractivity contribution in [1.29, 1.82) is 0 Å². The Kier molecular flexibility index (Phi) is 2.93. The summed E-state index contributed by atoms with van der Waals surface area (Å²) in [4.78, 5) is 12.2. The van der Waals surface area contributed by atoms with Crippen LogP contribution in [-0.2, 0) is 5.54 Å². The van der Waals surface area contributed by atoms with E-state index in [0.717, 1.165) is 12.8 Å². The Hall–Kier alpha value is -2.36. The minimum absolute atomic E-state index is 0.224. The van der Waals surface area contributed by atoms with Crippen molar-refractivity contribution in [2.75, 3.05) is 5.73 Å². The van der Waals surface area contributed by atoms with E-state index in [1.165, 1.54) is 6.07 Å². The second kappa shape index (κ2) is 4.63. The summed E-state index contributed by atoms with van der Waals surface area (Å²) in [6.07, 6.45) is 1.50.